The Hall–Kier alpha value is -2.49. The van der Waals surface area contributed by atoms with Gasteiger partial charge in [0.15, 0.2) is 5.13 Å². The minimum absolute atomic E-state index is 0.119. The number of thiophene rings is 1. The van der Waals surface area contributed by atoms with E-state index in [0.29, 0.717) is 22.1 Å². The molecule has 0 bridgehead atoms. The maximum Gasteiger partial charge on any atom is 0.259 e. The topological polar surface area (TPSA) is 87.7 Å². The number of aromatic nitrogens is 3. The zero-order valence-electron chi connectivity index (χ0n) is 18.5. The molecule has 1 aromatic carbocycles. The van der Waals surface area contributed by atoms with E-state index in [2.05, 4.69) is 46.2 Å². The number of carbonyl (C=O) groups excluding carboxylic acids is 1. The molecule has 1 amide bonds. The fraction of sp³-hybridized carbons (Fsp3) is 0.304. The molecule has 4 rings (SSSR count). The van der Waals surface area contributed by atoms with Gasteiger partial charge in [0.25, 0.3) is 5.56 Å². The van der Waals surface area contributed by atoms with Gasteiger partial charge in [0, 0.05) is 15.8 Å². The molecule has 0 radical (unpaired) electrons. The molecule has 3 heterocycles. The molecule has 0 unspecified atom stereocenters. The predicted octanol–water partition coefficient (Wildman–Crippen LogP) is 5.60. The Labute approximate surface area is 198 Å². The standard InChI is InChI=1S/C23H24N4O2S3/c1-11-6-7-16(8-12(11)2)17-9-31-23(24-17)27-20(28)15(5)30-10-18-25-21(29)19-13(3)14(4)32-22(19)26-18/h6-9,15H,10H2,1-5H3,(H,24,27,28)(H,25,26,29)/t15-/m1/s1. The normalized spacial score (nSPS) is 12.3. The van der Waals surface area contributed by atoms with Gasteiger partial charge in [-0.25, -0.2) is 9.97 Å². The van der Waals surface area contributed by atoms with E-state index in [4.69, 9.17) is 0 Å². The Morgan fingerprint density at radius 2 is 1.97 bits per heavy atom. The van der Waals surface area contributed by atoms with Gasteiger partial charge in [-0.2, -0.15) is 0 Å². The zero-order valence-corrected chi connectivity index (χ0v) is 21.0. The fourth-order valence-corrected chi connectivity index (χ4v) is 5.75. The third kappa shape index (κ3) is 4.65. The van der Waals surface area contributed by atoms with Gasteiger partial charge in [-0.05, 0) is 57.4 Å². The van der Waals surface area contributed by atoms with Crippen LogP contribution in [0, 0.1) is 27.7 Å². The first-order valence-electron chi connectivity index (χ1n) is 10.2. The van der Waals surface area contributed by atoms with Crippen LogP contribution in [0.2, 0.25) is 0 Å². The van der Waals surface area contributed by atoms with E-state index in [1.807, 2.05) is 32.2 Å². The third-order valence-electron chi connectivity index (χ3n) is 5.46. The average Bonchev–Trinajstić information content (AvgIpc) is 3.32. The van der Waals surface area contributed by atoms with Crippen molar-refractivity contribution in [1.82, 2.24) is 15.0 Å². The molecule has 2 N–H and O–H groups in total. The SMILES string of the molecule is Cc1ccc(-c2csc(NC(=O)[C@@H](C)SCc3nc4sc(C)c(C)c4c(=O)[nH]3)n2)cc1C. The minimum Gasteiger partial charge on any atom is -0.309 e. The van der Waals surface area contributed by atoms with Crippen molar-refractivity contribution in [2.75, 3.05) is 5.32 Å². The van der Waals surface area contributed by atoms with Crippen LogP contribution in [0.15, 0.2) is 28.4 Å². The Morgan fingerprint density at radius 1 is 1.19 bits per heavy atom. The van der Waals surface area contributed by atoms with Crippen LogP contribution in [0.1, 0.15) is 34.3 Å². The lowest BCUT2D eigenvalue weighted by atomic mass is 10.1. The number of hydrogen-bond donors (Lipinski definition) is 2. The van der Waals surface area contributed by atoms with Crippen LogP contribution in [0.4, 0.5) is 5.13 Å². The highest BCUT2D eigenvalue weighted by atomic mass is 32.2. The Kier molecular flexibility index (Phi) is 6.50. The number of thioether (sulfide) groups is 1. The number of aryl methyl sites for hydroxylation is 4. The average molecular weight is 485 g/mol. The molecule has 0 aliphatic carbocycles. The van der Waals surface area contributed by atoms with Crippen molar-refractivity contribution >= 4 is 55.7 Å². The number of fused-ring (bicyclic) bond motifs is 1. The van der Waals surface area contributed by atoms with Crippen molar-refractivity contribution in [3.8, 4) is 11.3 Å². The van der Waals surface area contributed by atoms with E-state index in [1.165, 1.54) is 45.6 Å². The second kappa shape index (κ2) is 9.17. The number of anilines is 1. The summed E-state index contributed by atoms with van der Waals surface area (Å²) in [7, 11) is 0. The lowest BCUT2D eigenvalue weighted by molar-refractivity contribution is -0.115. The van der Waals surface area contributed by atoms with E-state index in [0.717, 1.165) is 26.5 Å². The number of thiazole rings is 1. The molecule has 4 aromatic rings. The fourth-order valence-electron chi connectivity index (χ4n) is 3.22. The van der Waals surface area contributed by atoms with Crippen molar-refractivity contribution in [2.45, 2.75) is 45.6 Å². The molecular formula is C23H24N4O2S3. The van der Waals surface area contributed by atoms with E-state index in [-0.39, 0.29) is 16.7 Å². The summed E-state index contributed by atoms with van der Waals surface area (Å²) in [5, 5.41) is 5.77. The van der Waals surface area contributed by atoms with Gasteiger partial charge in [0.05, 0.1) is 22.1 Å². The molecule has 1 atom stereocenters. The highest BCUT2D eigenvalue weighted by Crippen LogP contribution is 2.28. The molecule has 0 saturated carbocycles. The molecule has 9 heteroatoms. The van der Waals surface area contributed by atoms with Crippen LogP contribution < -0.4 is 10.9 Å². The molecule has 0 aliphatic heterocycles. The van der Waals surface area contributed by atoms with Gasteiger partial charge in [0.2, 0.25) is 5.91 Å². The van der Waals surface area contributed by atoms with Crippen LogP contribution in [-0.2, 0) is 10.5 Å². The maximum atomic E-state index is 12.6. The zero-order chi connectivity index (χ0) is 23.0. The van der Waals surface area contributed by atoms with Gasteiger partial charge in [-0.15, -0.1) is 34.4 Å². The van der Waals surface area contributed by atoms with Crippen LogP contribution >= 0.6 is 34.4 Å². The molecule has 3 aromatic heterocycles. The molecule has 0 fully saturated rings. The Balaban J connectivity index is 1.39. The maximum absolute atomic E-state index is 12.6. The molecule has 0 saturated heterocycles. The molecular weight excluding hydrogens is 460 g/mol. The second-order valence-electron chi connectivity index (χ2n) is 7.76. The lowest BCUT2D eigenvalue weighted by Gasteiger charge is -2.10. The summed E-state index contributed by atoms with van der Waals surface area (Å²) in [6, 6.07) is 6.23. The van der Waals surface area contributed by atoms with Crippen molar-refractivity contribution in [1.29, 1.82) is 0 Å². The highest BCUT2D eigenvalue weighted by Gasteiger charge is 2.18. The molecule has 166 valence electrons. The van der Waals surface area contributed by atoms with E-state index < -0.39 is 0 Å². The number of benzene rings is 1. The first kappa shape index (κ1) is 22.7. The van der Waals surface area contributed by atoms with E-state index in [1.54, 1.807) is 0 Å². The Bertz CT molecular complexity index is 1370. The summed E-state index contributed by atoms with van der Waals surface area (Å²) in [5.74, 6) is 0.906. The minimum atomic E-state index is -0.322. The number of amides is 1. The lowest BCUT2D eigenvalue weighted by Crippen LogP contribution is -2.23. The van der Waals surface area contributed by atoms with Crippen LogP contribution in [0.5, 0.6) is 0 Å². The predicted molar refractivity (Wildman–Crippen MR) is 136 cm³/mol. The van der Waals surface area contributed by atoms with Crippen molar-refractivity contribution in [3.05, 3.63) is 61.3 Å². The summed E-state index contributed by atoms with van der Waals surface area (Å²) in [4.78, 5) is 38.9. The number of carbonyl (C=O) groups is 1. The monoisotopic (exact) mass is 484 g/mol. The van der Waals surface area contributed by atoms with E-state index >= 15 is 0 Å². The molecule has 32 heavy (non-hydrogen) atoms. The molecule has 0 spiro atoms. The highest BCUT2D eigenvalue weighted by molar-refractivity contribution is 7.99. The van der Waals surface area contributed by atoms with Crippen LogP contribution in [0.25, 0.3) is 21.5 Å². The van der Waals surface area contributed by atoms with Crippen molar-refractivity contribution in [2.24, 2.45) is 0 Å². The van der Waals surface area contributed by atoms with Crippen molar-refractivity contribution in [3.63, 3.8) is 0 Å². The Morgan fingerprint density at radius 3 is 2.72 bits per heavy atom. The number of nitrogens with zero attached hydrogens (tertiary/aromatic N) is 2. The number of aromatic amines is 1. The number of nitrogens with one attached hydrogen (secondary N) is 2. The molecule has 0 aliphatic rings. The summed E-state index contributed by atoms with van der Waals surface area (Å²) in [6.07, 6.45) is 0. The van der Waals surface area contributed by atoms with Gasteiger partial charge in [-0.3, -0.25) is 9.59 Å². The first-order chi connectivity index (χ1) is 15.2. The van der Waals surface area contributed by atoms with Crippen molar-refractivity contribution < 1.29 is 4.79 Å². The largest absolute Gasteiger partial charge is 0.309 e. The smallest absolute Gasteiger partial charge is 0.259 e. The number of H-pyrrole nitrogens is 1. The third-order valence-corrected chi connectivity index (χ3v) is 8.48. The van der Waals surface area contributed by atoms with Gasteiger partial charge in [0.1, 0.15) is 10.7 Å². The van der Waals surface area contributed by atoms with Gasteiger partial charge in [-0.1, -0.05) is 12.1 Å². The van der Waals surface area contributed by atoms with Crippen LogP contribution in [-0.4, -0.2) is 26.1 Å². The first-order valence-corrected chi connectivity index (χ1v) is 12.9. The van der Waals surface area contributed by atoms with E-state index in [9.17, 15) is 9.59 Å². The van der Waals surface area contributed by atoms with Gasteiger partial charge >= 0.3 is 0 Å². The quantitative estimate of drug-likeness (QED) is 0.372. The number of hydrogen-bond acceptors (Lipinski definition) is 7. The second-order valence-corrected chi connectivity index (χ2v) is 11.1. The summed E-state index contributed by atoms with van der Waals surface area (Å²) >= 11 is 4.36. The summed E-state index contributed by atoms with van der Waals surface area (Å²) < 4.78 is 0. The van der Waals surface area contributed by atoms with Crippen LogP contribution in [0.3, 0.4) is 0 Å². The number of rotatable bonds is 6. The molecule has 6 nitrogen and oxygen atoms in total. The summed E-state index contributed by atoms with van der Waals surface area (Å²) in [6.45, 7) is 9.93. The van der Waals surface area contributed by atoms with Gasteiger partial charge < -0.3 is 10.3 Å². The summed E-state index contributed by atoms with van der Waals surface area (Å²) in [5.41, 5.74) is 5.20.